The molecule has 0 unspecified atom stereocenters. The largest absolute Gasteiger partial charge is 0.477 e. The van der Waals surface area contributed by atoms with Gasteiger partial charge >= 0.3 is 5.97 Å². The van der Waals surface area contributed by atoms with E-state index in [1.54, 1.807) is 10.8 Å². The molecule has 1 N–H and O–H groups in total. The lowest BCUT2D eigenvalue weighted by molar-refractivity contribution is 0.0683. The normalized spacial score (nSPS) is 20.7. The molecule has 0 spiro atoms. The smallest absolute Gasteiger partial charge is 0.352 e. The number of carboxylic acids is 1. The number of rotatable bonds is 5. The van der Waals surface area contributed by atoms with E-state index in [1.807, 2.05) is 0 Å². The van der Waals surface area contributed by atoms with E-state index < -0.39 is 5.97 Å². The lowest BCUT2D eigenvalue weighted by atomic mass is 10.0. The lowest BCUT2D eigenvalue weighted by Crippen LogP contribution is -2.17. The standard InChI is InChI=1S/C14H17NO3/c1-9(16)10-6-12(13(17)18)15(7-10)8-14(4-5-14)11-2-3-11/h6-7,11H,2-5,8H2,1H3,(H,17,18). The van der Waals surface area contributed by atoms with E-state index in [9.17, 15) is 14.7 Å². The van der Waals surface area contributed by atoms with Crippen molar-refractivity contribution in [3.63, 3.8) is 0 Å². The maximum absolute atomic E-state index is 11.4. The highest BCUT2D eigenvalue weighted by Crippen LogP contribution is 2.62. The van der Waals surface area contributed by atoms with E-state index in [0.717, 1.165) is 12.5 Å². The minimum absolute atomic E-state index is 0.0764. The minimum Gasteiger partial charge on any atom is -0.477 e. The Bertz CT molecular complexity index is 521. The monoisotopic (exact) mass is 247 g/mol. The van der Waals surface area contributed by atoms with Crippen LogP contribution in [-0.2, 0) is 6.54 Å². The second-order valence-corrected chi connectivity index (χ2v) is 5.74. The summed E-state index contributed by atoms with van der Waals surface area (Å²) in [6.45, 7) is 2.23. The number of carbonyl (C=O) groups excluding carboxylic acids is 1. The Labute approximate surface area is 106 Å². The summed E-state index contributed by atoms with van der Waals surface area (Å²) in [6, 6.07) is 1.49. The first kappa shape index (κ1) is 11.5. The fraction of sp³-hybridized carbons (Fsp3) is 0.571. The van der Waals surface area contributed by atoms with Gasteiger partial charge in [0.1, 0.15) is 5.69 Å². The van der Waals surface area contributed by atoms with Gasteiger partial charge in [-0.25, -0.2) is 4.79 Å². The van der Waals surface area contributed by atoms with Crippen molar-refractivity contribution in [3.05, 3.63) is 23.5 Å². The summed E-state index contributed by atoms with van der Waals surface area (Å²) in [7, 11) is 0. The zero-order chi connectivity index (χ0) is 12.9. The van der Waals surface area contributed by atoms with Crippen molar-refractivity contribution < 1.29 is 14.7 Å². The fourth-order valence-corrected chi connectivity index (χ4v) is 2.90. The van der Waals surface area contributed by atoms with Crippen LogP contribution in [0.25, 0.3) is 0 Å². The Hall–Kier alpha value is -1.58. The summed E-state index contributed by atoms with van der Waals surface area (Å²) in [5.74, 6) is -0.246. The topological polar surface area (TPSA) is 59.3 Å². The van der Waals surface area contributed by atoms with E-state index in [-0.39, 0.29) is 11.5 Å². The molecule has 3 rings (SSSR count). The third-order valence-electron chi connectivity index (χ3n) is 4.34. The summed E-state index contributed by atoms with van der Waals surface area (Å²) >= 11 is 0. The average Bonchev–Trinajstić information content (AvgIpc) is 3.16. The number of ketones is 1. The summed E-state index contributed by atoms with van der Waals surface area (Å²) in [4.78, 5) is 22.6. The summed E-state index contributed by atoms with van der Waals surface area (Å²) in [5, 5.41) is 9.20. The van der Waals surface area contributed by atoms with Crippen LogP contribution in [0.2, 0.25) is 0 Å². The van der Waals surface area contributed by atoms with Crippen LogP contribution in [0.1, 0.15) is 53.5 Å². The number of aromatic nitrogens is 1. The molecule has 4 nitrogen and oxygen atoms in total. The Balaban J connectivity index is 1.90. The van der Waals surface area contributed by atoms with Gasteiger partial charge in [0.15, 0.2) is 5.78 Å². The molecule has 0 atom stereocenters. The second kappa shape index (κ2) is 3.70. The van der Waals surface area contributed by atoms with Gasteiger partial charge < -0.3 is 9.67 Å². The zero-order valence-corrected chi connectivity index (χ0v) is 10.5. The summed E-state index contributed by atoms with van der Waals surface area (Å²) in [5.41, 5.74) is 1.07. The molecule has 1 aromatic rings. The van der Waals surface area contributed by atoms with Gasteiger partial charge in [-0.3, -0.25) is 4.79 Å². The first-order valence-corrected chi connectivity index (χ1v) is 6.46. The van der Waals surface area contributed by atoms with Crippen molar-refractivity contribution in [1.82, 2.24) is 4.57 Å². The van der Waals surface area contributed by atoms with Crippen molar-refractivity contribution in [2.45, 2.75) is 39.2 Å². The molecule has 4 heteroatoms. The van der Waals surface area contributed by atoms with Crippen LogP contribution >= 0.6 is 0 Å². The molecular weight excluding hydrogens is 230 g/mol. The molecule has 0 aliphatic heterocycles. The summed E-state index contributed by atoms with van der Waals surface area (Å²) in [6.07, 6.45) is 6.66. The third kappa shape index (κ3) is 1.85. The molecule has 1 heterocycles. The van der Waals surface area contributed by atoms with Crippen molar-refractivity contribution in [3.8, 4) is 0 Å². The van der Waals surface area contributed by atoms with E-state index in [2.05, 4.69) is 0 Å². The van der Waals surface area contributed by atoms with Crippen LogP contribution < -0.4 is 0 Å². The molecule has 0 saturated heterocycles. The predicted molar refractivity (Wildman–Crippen MR) is 65.8 cm³/mol. The first-order valence-electron chi connectivity index (χ1n) is 6.46. The van der Waals surface area contributed by atoms with Gasteiger partial charge in [0.05, 0.1) is 0 Å². The first-order chi connectivity index (χ1) is 8.52. The number of carboxylic acid groups (broad SMARTS) is 1. The highest BCUT2D eigenvalue weighted by molar-refractivity contribution is 5.97. The number of aromatic carboxylic acids is 1. The number of hydrogen-bond acceptors (Lipinski definition) is 2. The van der Waals surface area contributed by atoms with Gasteiger partial charge in [0.25, 0.3) is 0 Å². The molecule has 0 bridgehead atoms. The van der Waals surface area contributed by atoms with Crippen LogP contribution in [-0.4, -0.2) is 21.4 Å². The molecule has 2 saturated carbocycles. The van der Waals surface area contributed by atoms with Crippen molar-refractivity contribution in [2.75, 3.05) is 0 Å². The Morgan fingerprint density at radius 3 is 2.56 bits per heavy atom. The Kier molecular flexibility index (Phi) is 2.37. The van der Waals surface area contributed by atoms with Crippen LogP contribution in [0, 0.1) is 11.3 Å². The van der Waals surface area contributed by atoms with Gasteiger partial charge in [-0.1, -0.05) is 0 Å². The van der Waals surface area contributed by atoms with Crippen molar-refractivity contribution >= 4 is 11.8 Å². The van der Waals surface area contributed by atoms with E-state index in [1.165, 1.54) is 38.7 Å². The summed E-state index contributed by atoms with van der Waals surface area (Å²) < 4.78 is 1.77. The fourth-order valence-electron chi connectivity index (χ4n) is 2.90. The predicted octanol–water partition coefficient (Wildman–Crippen LogP) is 2.58. The Morgan fingerprint density at radius 1 is 1.44 bits per heavy atom. The number of carbonyl (C=O) groups is 2. The Morgan fingerprint density at radius 2 is 2.11 bits per heavy atom. The SMILES string of the molecule is CC(=O)c1cc(C(=O)O)n(CC2(C3CC3)CC2)c1. The highest BCUT2D eigenvalue weighted by atomic mass is 16.4. The van der Waals surface area contributed by atoms with Crippen LogP contribution in [0.3, 0.4) is 0 Å². The number of Topliss-reactive ketones (excluding diaryl/α,β-unsaturated/α-hetero) is 1. The molecule has 0 aromatic carbocycles. The molecular formula is C14H17NO3. The zero-order valence-electron chi connectivity index (χ0n) is 10.5. The second-order valence-electron chi connectivity index (χ2n) is 5.74. The highest BCUT2D eigenvalue weighted by Gasteiger charge is 2.53. The molecule has 2 fully saturated rings. The molecule has 2 aliphatic rings. The van der Waals surface area contributed by atoms with E-state index in [0.29, 0.717) is 11.0 Å². The van der Waals surface area contributed by atoms with E-state index in [4.69, 9.17) is 0 Å². The van der Waals surface area contributed by atoms with E-state index >= 15 is 0 Å². The van der Waals surface area contributed by atoms with Crippen molar-refractivity contribution in [1.29, 1.82) is 0 Å². The molecule has 0 radical (unpaired) electrons. The average molecular weight is 247 g/mol. The van der Waals surface area contributed by atoms with Gasteiger partial charge in [-0.15, -0.1) is 0 Å². The maximum atomic E-state index is 11.4. The van der Waals surface area contributed by atoms with Gasteiger partial charge in [-0.05, 0) is 50.0 Å². The van der Waals surface area contributed by atoms with Gasteiger partial charge in [0.2, 0.25) is 0 Å². The lowest BCUT2D eigenvalue weighted by Gasteiger charge is -2.16. The molecule has 0 amide bonds. The number of nitrogens with zero attached hydrogens (tertiary/aromatic N) is 1. The third-order valence-corrected chi connectivity index (χ3v) is 4.34. The molecule has 2 aliphatic carbocycles. The van der Waals surface area contributed by atoms with Gasteiger partial charge in [0, 0.05) is 18.3 Å². The quantitative estimate of drug-likeness (QED) is 0.813. The number of hydrogen-bond donors (Lipinski definition) is 1. The molecule has 1 aromatic heterocycles. The molecule has 18 heavy (non-hydrogen) atoms. The maximum Gasteiger partial charge on any atom is 0.352 e. The minimum atomic E-state index is -0.950. The molecule has 96 valence electrons. The van der Waals surface area contributed by atoms with Crippen LogP contribution in [0.4, 0.5) is 0 Å². The van der Waals surface area contributed by atoms with Crippen LogP contribution in [0.15, 0.2) is 12.3 Å². The van der Waals surface area contributed by atoms with Gasteiger partial charge in [-0.2, -0.15) is 0 Å². The van der Waals surface area contributed by atoms with Crippen molar-refractivity contribution in [2.24, 2.45) is 11.3 Å². The van der Waals surface area contributed by atoms with Crippen LogP contribution in [0.5, 0.6) is 0 Å².